The molecule has 2 aromatic heterocycles. The molecule has 6 aromatic rings. The highest BCUT2D eigenvalue weighted by Crippen LogP contribution is 2.27. The predicted molar refractivity (Wildman–Crippen MR) is 214 cm³/mol. The molecule has 4 aromatic carbocycles. The summed E-state index contributed by atoms with van der Waals surface area (Å²) < 4.78 is 0.899. The van der Waals surface area contributed by atoms with Crippen LogP contribution in [0.1, 0.15) is 58.4 Å². The predicted octanol–water partition coefficient (Wildman–Crippen LogP) is 9.58. The van der Waals surface area contributed by atoms with Gasteiger partial charge in [-0.1, -0.05) is 95.8 Å². The molecule has 0 amide bonds. The Balaban J connectivity index is 0.000000210. The maximum atomic E-state index is 8.94. The smallest absolute Gasteiger partial charge is 0.423 e. The van der Waals surface area contributed by atoms with Crippen LogP contribution in [0.25, 0.3) is 33.9 Å². The third kappa shape index (κ3) is 11.3. The molecule has 0 unspecified atom stereocenters. The lowest BCUT2D eigenvalue weighted by Gasteiger charge is -2.10. The zero-order valence-electron chi connectivity index (χ0n) is 30.9. The fourth-order valence-corrected chi connectivity index (χ4v) is 5.98. The summed E-state index contributed by atoms with van der Waals surface area (Å²) in [5, 5.41) is 17.9. The quantitative estimate of drug-likeness (QED) is 0.176. The largest absolute Gasteiger partial charge is 0.488 e. The van der Waals surface area contributed by atoms with E-state index < -0.39 is 7.12 Å². The Kier molecular flexibility index (Phi) is 15.2. The number of aryl methyl sites for hydroxylation is 8. The van der Waals surface area contributed by atoms with Crippen molar-refractivity contribution >= 4 is 28.5 Å². The molecular weight excluding hydrogens is 683 g/mol. The second-order valence-electron chi connectivity index (χ2n) is 12.2. The van der Waals surface area contributed by atoms with Gasteiger partial charge in [0.05, 0.1) is 4.47 Å². The first-order valence-electron chi connectivity index (χ1n) is 16.8. The number of rotatable bonds is 4. The van der Waals surface area contributed by atoms with Crippen molar-refractivity contribution in [1.82, 2.24) is 19.9 Å². The Morgan fingerprint density at radius 2 is 0.820 bits per heavy atom. The van der Waals surface area contributed by atoms with E-state index in [-0.39, 0.29) is 0 Å². The molecule has 0 saturated carbocycles. The summed E-state index contributed by atoms with van der Waals surface area (Å²) in [6, 6.07) is 24.7. The van der Waals surface area contributed by atoms with Crippen molar-refractivity contribution in [2.24, 2.45) is 0 Å². The second-order valence-corrected chi connectivity index (χ2v) is 13.1. The van der Waals surface area contributed by atoms with Crippen molar-refractivity contribution < 1.29 is 10.0 Å². The van der Waals surface area contributed by atoms with Crippen LogP contribution in [0.2, 0.25) is 0 Å². The van der Waals surface area contributed by atoms with Gasteiger partial charge in [0.25, 0.3) is 0 Å². The van der Waals surface area contributed by atoms with Crippen LogP contribution >= 0.6 is 15.9 Å². The first-order valence-corrected chi connectivity index (χ1v) is 17.6. The minimum absolute atomic E-state index is 0.618. The summed E-state index contributed by atoms with van der Waals surface area (Å²) in [6.45, 7) is 20.3. The zero-order valence-corrected chi connectivity index (χ0v) is 32.5. The van der Waals surface area contributed by atoms with Gasteiger partial charge < -0.3 is 10.0 Å². The molecule has 50 heavy (non-hydrogen) atoms. The molecule has 258 valence electrons. The van der Waals surface area contributed by atoms with Crippen molar-refractivity contribution in [1.29, 1.82) is 0 Å². The Labute approximate surface area is 307 Å². The molecule has 0 atom stereocenters. The van der Waals surface area contributed by atoms with Crippen LogP contribution in [0.4, 0.5) is 0 Å². The standard InChI is InChI=1S/C20H20N2.C12H11BrN2.C8H11BO2.C2H6/c1-13-8-14(2)10-17(9-13)20-21-11-18(12-22-20)19-15(3)6-5-7-16(19)4;1-8-3-9(2)5-10(4-8)12-14-6-11(13)7-15-12;1-6-4-3-5-7(2)8(6)9(10)11;1-2/h5-12H,1-4H3;3-7H,1-2H3;3-5,10-11H,1-2H3;1-2H3. The van der Waals surface area contributed by atoms with Crippen LogP contribution in [0.3, 0.4) is 0 Å². The lowest BCUT2D eigenvalue weighted by Crippen LogP contribution is -2.34. The molecule has 0 saturated heterocycles. The second kappa shape index (κ2) is 19.0. The number of aromatic nitrogens is 4. The van der Waals surface area contributed by atoms with Gasteiger partial charge in [0.2, 0.25) is 0 Å². The van der Waals surface area contributed by atoms with E-state index in [1.165, 1.54) is 38.9 Å². The van der Waals surface area contributed by atoms with Crippen molar-refractivity contribution in [2.45, 2.75) is 69.2 Å². The van der Waals surface area contributed by atoms with Gasteiger partial charge in [-0.3, -0.25) is 0 Å². The van der Waals surface area contributed by atoms with Gasteiger partial charge in [-0.25, -0.2) is 19.9 Å². The molecule has 6 nitrogen and oxygen atoms in total. The lowest BCUT2D eigenvalue weighted by atomic mass is 9.74. The maximum Gasteiger partial charge on any atom is 0.488 e. The van der Waals surface area contributed by atoms with Gasteiger partial charge in [-0.05, 0) is 118 Å². The monoisotopic (exact) mass is 730 g/mol. The molecule has 6 rings (SSSR count). The molecule has 0 spiro atoms. The van der Waals surface area contributed by atoms with Crippen molar-refractivity contribution in [3.63, 3.8) is 0 Å². The summed E-state index contributed by atoms with van der Waals surface area (Å²) in [7, 11) is -1.35. The van der Waals surface area contributed by atoms with Gasteiger partial charge >= 0.3 is 7.12 Å². The molecule has 2 N–H and O–H groups in total. The van der Waals surface area contributed by atoms with Crippen LogP contribution in [-0.2, 0) is 0 Å². The Bertz CT molecular complexity index is 1920. The van der Waals surface area contributed by atoms with E-state index in [2.05, 4.69) is 132 Å². The minimum atomic E-state index is -1.35. The van der Waals surface area contributed by atoms with E-state index in [1.54, 1.807) is 12.4 Å². The Morgan fingerprint density at radius 1 is 0.480 bits per heavy atom. The molecule has 0 aliphatic carbocycles. The SMILES string of the molecule is CC.Cc1cc(C)cc(-c2ncc(-c3c(C)cccc3C)cn2)c1.Cc1cc(C)cc(-c2ncc(Br)cn2)c1.Cc1cccc(C)c1B(O)O. The molecule has 8 heteroatoms. The highest BCUT2D eigenvalue weighted by molar-refractivity contribution is 9.10. The molecule has 0 aliphatic rings. The van der Waals surface area contributed by atoms with Crippen molar-refractivity contribution in [2.75, 3.05) is 0 Å². The molecule has 2 heterocycles. The summed E-state index contributed by atoms with van der Waals surface area (Å²) in [4.78, 5) is 17.7. The van der Waals surface area contributed by atoms with Crippen LogP contribution in [0, 0.1) is 55.4 Å². The van der Waals surface area contributed by atoms with Crippen molar-refractivity contribution in [3.8, 4) is 33.9 Å². The number of benzene rings is 4. The van der Waals surface area contributed by atoms with Crippen LogP contribution in [0.5, 0.6) is 0 Å². The topological polar surface area (TPSA) is 92.0 Å². The van der Waals surface area contributed by atoms with Crippen LogP contribution in [-0.4, -0.2) is 37.1 Å². The van der Waals surface area contributed by atoms with E-state index in [0.717, 1.165) is 43.9 Å². The first-order chi connectivity index (χ1) is 23.8. The van der Waals surface area contributed by atoms with E-state index in [9.17, 15) is 0 Å². The summed E-state index contributed by atoms with van der Waals surface area (Å²) in [5.41, 5.74) is 14.3. The highest BCUT2D eigenvalue weighted by Gasteiger charge is 2.15. The van der Waals surface area contributed by atoms with E-state index in [1.807, 2.05) is 58.3 Å². The van der Waals surface area contributed by atoms with Gasteiger partial charge in [0.15, 0.2) is 11.6 Å². The summed E-state index contributed by atoms with van der Waals surface area (Å²) >= 11 is 3.32. The first kappa shape index (κ1) is 39.9. The van der Waals surface area contributed by atoms with Gasteiger partial charge in [0, 0.05) is 41.5 Å². The Hall–Kier alpha value is -4.50. The van der Waals surface area contributed by atoms with Crippen molar-refractivity contribution in [3.05, 3.63) is 147 Å². The molecule has 0 aliphatic heterocycles. The van der Waals surface area contributed by atoms with Crippen LogP contribution in [0.15, 0.2) is 102 Å². The zero-order chi connectivity index (χ0) is 37.0. The van der Waals surface area contributed by atoms with E-state index in [0.29, 0.717) is 5.46 Å². The lowest BCUT2D eigenvalue weighted by molar-refractivity contribution is 0.425. The molecule has 0 radical (unpaired) electrons. The van der Waals surface area contributed by atoms with Gasteiger partial charge in [-0.15, -0.1) is 0 Å². The Morgan fingerprint density at radius 3 is 1.16 bits per heavy atom. The molecular formula is C42H48BBrN4O2. The van der Waals surface area contributed by atoms with Gasteiger partial charge in [0.1, 0.15) is 0 Å². The fourth-order valence-electron chi connectivity index (χ4n) is 5.78. The minimum Gasteiger partial charge on any atom is -0.423 e. The average molecular weight is 732 g/mol. The van der Waals surface area contributed by atoms with E-state index in [4.69, 9.17) is 10.0 Å². The average Bonchev–Trinajstić information content (AvgIpc) is 3.06. The third-order valence-electron chi connectivity index (χ3n) is 7.80. The van der Waals surface area contributed by atoms with E-state index >= 15 is 0 Å². The maximum absolute atomic E-state index is 8.94. The molecule has 0 bridgehead atoms. The number of hydrogen-bond donors (Lipinski definition) is 2. The van der Waals surface area contributed by atoms with Crippen LogP contribution < -0.4 is 5.46 Å². The third-order valence-corrected chi connectivity index (χ3v) is 8.21. The number of halogens is 1. The number of nitrogens with zero attached hydrogens (tertiary/aromatic N) is 4. The molecule has 0 fully saturated rings. The highest BCUT2D eigenvalue weighted by atomic mass is 79.9. The summed E-state index contributed by atoms with van der Waals surface area (Å²) in [6.07, 6.45) is 7.38. The fraction of sp³-hybridized carbons (Fsp3) is 0.238. The van der Waals surface area contributed by atoms with Gasteiger partial charge in [-0.2, -0.15) is 0 Å². The summed E-state index contributed by atoms with van der Waals surface area (Å²) in [5.74, 6) is 1.55. The number of hydrogen-bond acceptors (Lipinski definition) is 6. The normalized spacial score (nSPS) is 10.1.